The van der Waals surface area contributed by atoms with Gasteiger partial charge in [-0.3, -0.25) is 0 Å². The molecule has 2 rings (SSSR count). The van der Waals surface area contributed by atoms with Crippen molar-refractivity contribution in [3.63, 3.8) is 0 Å². The summed E-state index contributed by atoms with van der Waals surface area (Å²) in [5, 5.41) is 12.4. The van der Waals surface area contributed by atoms with Crippen LogP contribution in [0.5, 0.6) is 5.75 Å². The van der Waals surface area contributed by atoms with Crippen LogP contribution in [0, 0.1) is 11.3 Å². The van der Waals surface area contributed by atoms with Crippen LogP contribution < -0.4 is 10.1 Å². The molecule has 0 aliphatic rings. The van der Waals surface area contributed by atoms with Gasteiger partial charge in [0.25, 0.3) is 0 Å². The average Bonchev–Trinajstić information content (AvgIpc) is 2.55. The van der Waals surface area contributed by atoms with Crippen LogP contribution in [0.2, 0.25) is 0 Å². The van der Waals surface area contributed by atoms with Crippen molar-refractivity contribution in [1.29, 1.82) is 5.26 Å². The Bertz CT molecular complexity index is 644. The second-order valence-corrected chi connectivity index (χ2v) is 4.90. The Labute approximate surface area is 126 Å². The van der Waals surface area contributed by atoms with E-state index < -0.39 is 0 Å². The van der Waals surface area contributed by atoms with Gasteiger partial charge in [0.15, 0.2) is 0 Å². The van der Waals surface area contributed by atoms with E-state index in [1.807, 2.05) is 36.4 Å². The Morgan fingerprint density at radius 3 is 2.67 bits per heavy atom. The van der Waals surface area contributed by atoms with Crippen LogP contribution in [0.4, 0.5) is 0 Å². The summed E-state index contributed by atoms with van der Waals surface area (Å²) < 4.78 is 5.42. The molecule has 21 heavy (non-hydrogen) atoms. The number of rotatable bonds is 6. The van der Waals surface area contributed by atoms with Crippen molar-refractivity contribution in [2.45, 2.75) is 19.9 Å². The van der Waals surface area contributed by atoms with Gasteiger partial charge in [0.2, 0.25) is 0 Å². The van der Waals surface area contributed by atoms with Gasteiger partial charge in [-0.25, -0.2) is 0 Å². The predicted molar refractivity (Wildman–Crippen MR) is 85.1 cm³/mol. The molecule has 3 heteroatoms. The van der Waals surface area contributed by atoms with Gasteiger partial charge in [0.1, 0.15) is 5.75 Å². The minimum absolute atomic E-state index is 0.675. The molecule has 0 unspecified atom stereocenters. The van der Waals surface area contributed by atoms with Crippen LogP contribution in [0.3, 0.4) is 0 Å². The third kappa shape index (κ3) is 3.84. The molecule has 0 radical (unpaired) electrons. The number of hydrogen-bond acceptors (Lipinski definition) is 3. The lowest BCUT2D eigenvalue weighted by Gasteiger charge is -2.12. The summed E-state index contributed by atoms with van der Waals surface area (Å²) in [6.45, 7) is 3.91. The molecule has 0 spiro atoms. The van der Waals surface area contributed by atoms with E-state index in [4.69, 9.17) is 10.00 Å². The summed E-state index contributed by atoms with van der Waals surface area (Å²) in [5.41, 5.74) is 3.95. The second kappa shape index (κ2) is 7.47. The third-order valence-electron chi connectivity index (χ3n) is 3.35. The maximum Gasteiger partial charge on any atom is 0.123 e. The molecule has 1 N–H and O–H groups in total. The normalized spacial score (nSPS) is 10.1. The lowest BCUT2D eigenvalue weighted by molar-refractivity contribution is 0.408. The van der Waals surface area contributed by atoms with Crippen molar-refractivity contribution in [2.75, 3.05) is 13.7 Å². The van der Waals surface area contributed by atoms with E-state index in [9.17, 15) is 0 Å². The highest BCUT2D eigenvalue weighted by atomic mass is 16.5. The van der Waals surface area contributed by atoms with E-state index in [2.05, 4.69) is 24.4 Å². The second-order valence-electron chi connectivity index (χ2n) is 4.90. The van der Waals surface area contributed by atoms with E-state index in [-0.39, 0.29) is 0 Å². The SMILES string of the molecule is CCCNCc1cc(-c2cccc(C#N)c2)ccc1OC. The number of nitriles is 1. The van der Waals surface area contributed by atoms with Crippen molar-refractivity contribution in [3.05, 3.63) is 53.6 Å². The van der Waals surface area contributed by atoms with E-state index >= 15 is 0 Å². The van der Waals surface area contributed by atoms with Crippen LogP contribution in [0.1, 0.15) is 24.5 Å². The minimum atomic E-state index is 0.675. The number of ether oxygens (including phenoxy) is 1. The van der Waals surface area contributed by atoms with Crippen molar-refractivity contribution in [2.24, 2.45) is 0 Å². The summed E-state index contributed by atoms with van der Waals surface area (Å²) in [5.74, 6) is 0.888. The smallest absolute Gasteiger partial charge is 0.123 e. The fraction of sp³-hybridized carbons (Fsp3) is 0.278. The monoisotopic (exact) mass is 280 g/mol. The Hall–Kier alpha value is -2.31. The lowest BCUT2D eigenvalue weighted by Crippen LogP contribution is -2.14. The standard InChI is InChI=1S/C18H20N2O/c1-3-9-20-13-17-11-16(7-8-18(17)21-2)15-6-4-5-14(10-15)12-19/h4-8,10-11,20H,3,9,13H2,1-2H3. The molecular weight excluding hydrogens is 260 g/mol. The summed E-state index contributed by atoms with van der Waals surface area (Å²) in [6, 6.07) is 16.0. The molecule has 0 heterocycles. The van der Waals surface area contributed by atoms with Crippen LogP contribution in [-0.2, 0) is 6.54 Å². The molecule has 0 aromatic heterocycles. The zero-order valence-electron chi connectivity index (χ0n) is 12.5. The highest BCUT2D eigenvalue weighted by Crippen LogP contribution is 2.27. The highest BCUT2D eigenvalue weighted by Gasteiger charge is 2.06. The Balaban J connectivity index is 2.32. The molecule has 0 atom stereocenters. The fourth-order valence-corrected chi connectivity index (χ4v) is 2.26. The molecule has 0 saturated carbocycles. The van der Waals surface area contributed by atoms with Crippen LogP contribution in [-0.4, -0.2) is 13.7 Å². The number of benzene rings is 2. The van der Waals surface area contributed by atoms with Crippen LogP contribution in [0.25, 0.3) is 11.1 Å². The number of nitrogens with one attached hydrogen (secondary N) is 1. The molecule has 0 fully saturated rings. The fourth-order valence-electron chi connectivity index (χ4n) is 2.26. The topological polar surface area (TPSA) is 45.0 Å². The molecule has 108 valence electrons. The Morgan fingerprint density at radius 2 is 1.95 bits per heavy atom. The van der Waals surface area contributed by atoms with Crippen molar-refractivity contribution in [3.8, 4) is 22.9 Å². The molecular formula is C18H20N2O. The molecule has 0 aliphatic carbocycles. The maximum atomic E-state index is 9.01. The Morgan fingerprint density at radius 1 is 1.14 bits per heavy atom. The summed E-state index contributed by atoms with van der Waals surface area (Å²) >= 11 is 0. The first kappa shape index (κ1) is 15.1. The average molecular weight is 280 g/mol. The van der Waals surface area contributed by atoms with E-state index in [1.54, 1.807) is 7.11 Å². The first-order chi connectivity index (χ1) is 10.3. The predicted octanol–water partition coefficient (Wildman–Crippen LogP) is 3.73. The Kier molecular flexibility index (Phi) is 5.36. The summed E-state index contributed by atoms with van der Waals surface area (Å²) in [7, 11) is 1.69. The zero-order chi connectivity index (χ0) is 15.1. The number of hydrogen-bond donors (Lipinski definition) is 1. The lowest BCUT2D eigenvalue weighted by atomic mass is 10.0. The molecule has 0 saturated heterocycles. The van der Waals surface area contributed by atoms with Crippen molar-refractivity contribution < 1.29 is 4.74 Å². The number of nitrogens with zero attached hydrogens (tertiary/aromatic N) is 1. The van der Waals surface area contributed by atoms with Gasteiger partial charge in [-0.2, -0.15) is 5.26 Å². The van der Waals surface area contributed by atoms with Gasteiger partial charge < -0.3 is 10.1 Å². The van der Waals surface area contributed by atoms with E-state index in [1.165, 1.54) is 0 Å². The molecule has 0 aliphatic heterocycles. The van der Waals surface area contributed by atoms with Gasteiger partial charge in [0, 0.05) is 12.1 Å². The van der Waals surface area contributed by atoms with Gasteiger partial charge in [0.05, 0.1) is 18.7 Å². The van der Waals surface area contributed by atoms with E-state index in [0.29, 0.717) is 5.56 Å². The largest absolute Gasteiger partial charge is 0.496 e. The highest BCUT2D eigenvalue weighted by molar-refractivity contribution is 5.67. The quantitative estimate of drug-likeness (QED) is 0.820. The van der Waals surface area contributed by atoms with Gasteiger partial charge >= 0.3 is 0 Å². The zero-order valence-corrected chi connectivity index (χ0v) is 12.5. The summed E-state index contributed by atoms with van der Waals surface area (Å²) in [4.78, 5) is 0. The first-order valence-corrected chi connectivity index (χ1v) is 7.16. The molecule has 3 nitrogen and oxygen atoms in total. The van der Waals surface area contributed by atoms with Crippen LogP contribution >= 0.6 is 0 Å². The van der Waals surface area contributed by atoms with E-state index in [0.717, 1.165) is 42.0 Å². The van der Waals surface area contributed by atoms with Gasteiger partial charge in [-0.1, -0.05) is 25.1 Å². The summed E-state index contributed by atoms with van der Waals surface area (Å²) in [6.07, 6.45) is 1.10. The van der Waals surface area contributed by atoms with Gasteiger partial charge in [-0.15, -0.1) is 0 Å². The third-order valence-corrected chi connectivity index (χ3v) is 3.35. The molecule has 2 aromatic carbocycles. The first-order valence-electron chi connectivity index (χ1n) is 7.16. The molecule has 0 amide bonds. The van der Waals surface area contributed by atoms with Crippen molar-refractivity contribution in [1.82, 2.24) is 5.32 Å². The molecule has 0 bridgehead atoms. The molecule has 2 aromatic rings. The van der Waals surface area contributed by atoms with Crippen molar-refractivity contribution >= 4 is 0 Å². The maximum absolute atomic E-state index is 9.01. The van der Waals surface area contributed by atoms with Crippen LogP contribution in [0.15, 0.2) is 42.5 Å². The van der Waals surface area contributed by atoms with Gasteiger partial charge in [-0.05, 0) is 48.4 Å². The number of methoxy groups -OCH3 is 1. The minimum Gasteiger partial charge on any atom is -0.496 e.